The number of hydrogen-bond donors (Lipinski definition) is 1. The van der Waals surface area contributed by atoms with E-state index in [-0.39, 0.29) is 5.91 Å². The van der Waals surface area contributed by atoms with Crippen LogP contribution in [-0.2, 0) is 4.79 Å². The van der Waals surface area contributed by atoms with Crippen molar-refractivity contribution in [3.8, 4) is 5.75 Å². The fourth-order valence-electron chi connectivity index (χ4n) is 1.04. The Labute approximate surface area is 97.9 Å². The van der Waals surface area contributed by atoms with Crippen molar-refractivity contribution >= 4 is 27.5 Å². The second kappa shape index (κ2) is 6.45. The molecule has 0 aliphatic rings. The van der Waals surface area contributed by atoms with Crippen LogP contribution in [-0.4, -0.2) is 17.8 Å². The zero-order valence-corrected chi connectivity index (χ0v) is 10.2. The average Bonchev–Trinajstić information content (AvgIpc) is 2.28. The van der Waals surface area contributed by atoms with Crippen LogP contribution in [0.5, 0.6) is 5.75 Å². The van der Waals surface area contributed by atoms with Crippen molar-refractivity contribution in [1.82, 2.24) is 0 Å². The summed E-state index contributed by atoms with van der Waals surface area (Å²) in [6, 6.07) is 7.34. The SMILES string of the molecule is CCC(=O)Nc1ccc(OCCBr)cc1. The highest BCUT2D eigenvalue weighted by molar-refractivity contribution is 9.09. The number of hydrogen-bond acceptors (Lipinski definition) is 2. The number of anilines is 1. The Hall–Kier alpha value is -1.03. The molecule has 1 amide bonds. The van der Waals surface area contributed by atoms with Gasteiger partial charge < -0.3 is 10.1 Å². The van der Waals surface area contributed by atoms with E-state index in [9.17, 15) is 4.79 Å². The third-order valence-electron chi connectivity index (χ3n) is 1.81. The first kappa shape index (κ1) is 12.0. The minimum absolute atomic E-state index is 0.0177. The van der Waals surface area contributed by atoms with E-state index in [2.05, 4.69) is 21.2 Å². The van der Waals surface area contributed by atoms with Crippen LogP contribution in [0.3, 0.4) is 0 Å². The summed E-state index contributed by atoms with van der Waals surface area (Å²) >= 11 is 3.28. The molecule has 0 unspecified atom stereocenters. The van der Waals surface area contributed by atoms with Crippen LogP contribution in [0.4, 0.5) is 5.69 Å². The Kier molecular flexibility index (Phi) is 5.18. The van der Waals surface area contributed by atoms with Crippen molar-refractivity contribution in [2.45, 2.75) is 13.3 Å². The van der Waals surface area contributed by atoms with Crippen molar-refractivity contribution in [1.29, 1.82) is 0 Å². The zero-order valence-electron chi connectivity index (χ0n) is 8.63. The zero-order chi connectivity index (χ0) is 11.1. The van der Waals surface area contributed by atoms with Crippen molar-refractivity contribution < 1.29 is 9.53 Å². The molecule has 1 aromatic rings. The van der Waals surface area contributed by atoms with E-state index in [1.54, 1.807) is 0 Å². The highest BCUT2D eigenvalue weighted by atomic mass is 79.9. The summed E-state index contributed by atoms with van der Waals surface area (Å²) in [4.78, 5) is 11.1. The molecule has 15 heavy (non-hydrogen) atoms. The van der Waals surface area contributed by atoms with Crippen molar-refractivity contribution in [2.75, 3.05) is 17.3 Å². The first-order valence-electron chi connectivity index (χ1n) is 4.85. The average molecular weight is 272 g/mol. The molecule has 1 aromatic carbocycles. The molecule has 0 bridgehead atoms. The lowest BCUT2D eigenvalue weighted by molar-refractivity contribution is -0.115. The molecule has 0 atom stereocenters. The van der Waals surface area contributed by atoms with Crippen molar-refractivity contribution in [2.24, 2.45) is 0 Å². The molecule has 0 spiro atoms. The van der Waals surface area contributed by atoms with E-state index >= 15 is 0 Å². The minimum atomic E-state index is 0.0177. The lowest BCUT2D eigenvalue weighted by atomic mass is 10.3. The van der Waals surface area contributed by atoms with Crippen molar-refractivity contribution in [3.63, 3.8) is 0 Å². The fourth-order valence-corrected chi connectivity index (χ4v) is 1.20. The standard InChI is InChI=1S/C11H14BrNO2/c1-2-11(14)13-9-3-5-10(6-4-9)15-8-7-12/h3-6H,2,7-8H2,1H3,(H,13,14). The molecule has 0 aliphatic carbocycles. The predicted octanol–water partition coefficient (Wildman–Crippen LogP) is 2.81. The van der Waals surface area contributed by atoms with Gasteiger partial charge in [0.05, 0.1) is 6.61 Å². The third kappa shape index (κ3) is 4.34. The summed E-state index contributed by atoms with van der Waals surface area (Å²) in [5.41, 5.74) is 0.799. The number of ether oxygens (including phenoxy) is 1. The summed E-state index contributed by atoms with van der Waals surface area (Å²) in [6.45, 7) is 2.46. The molecule has 0 aromatic heterocycles. The monoisotopic (exact) mass is 271 g/mol. The highest BCUT2D eigenvalue weighted by Gasteiger charge is 1.98. The molecule has 0 saturated heterocycles. The smallest absolute Gasteiger partial charge is 0.224 e. The van der Waals surface area contributed by atoms with Crippen LogP contribution >= 0.6 is 15.9 Å². The Bertz CT molecular complexity index is 311. The topological polar surface area (TPSA) is 38.3 Å². The molecule has 0 aliphatic heterocycles. The maximum absolute atomic E-state index is 11.1. The number of rotatable bonds is 5. The van der Waals surface area contributed by atoms with E-state index in [1.807, 2.05) is 31.2 Å². The van der Waals surface area contributed by atoms with Gasteiger partial charge in [-0.2, -0.15) is 0 Å². The summed E-state index contributed by atoms with van der Waals surface area (Å²) in [5.74, 6) is 0.827. The van der Waals surface area contributed by atoms with E-state index in [0.717, 1.165) is 16.8 Å². The number of alkyl halides is 1. The summed E-state index contributed by atoms with van der Waals surface area (Å²) in [6.07, 6.45) is 0.488. The molecule has 0 fully saturated rings. The molecule has 1 N–H and O–H groups in total. The molecular formula is C11H14BrNO2. The first-order valence-corrected chi connectivity index (χ1v) is 5.97. The van der Waals surface area contributed by atoms with Gasteiger partial charge in [-0.3, -0.25) is 4.79 Å². The van der Waals surface area contributed by atoms with E-state index in [1.165, 1.54) is 0 Å². The molecule has 0 radical (unpaired) electrons. The largest absolute Gasteiger partial charge is 0.493 e. The molecule has 3 nitrogen and oxygen atoms in total. The van der Waals surface area contributed by atoms with Crippen LogP contribution in [0, 0.1) is 0 Å². The summed E-state index contributed by atoms with van der Waals surface area (Å²) < 4.78 is 5.38. The summed E-state index contributed by atoms with van der Waals surface area (Å²) in [5, 5.41) is 3.58. The second-order valence-electron chi connectivity index (χ2n) is 2.96. The molecular weight excluding hydrogens is 258 g/mol. The van der Waals surface area contributed by atoms with Gasteiger partial charge in [0.1, 0.15) is 5.75 Å². The van der Waals surface area contributed by atoms with E-state index in [4.69, 9.17) is 4.74 Å². The molecule has 0 heterocycles. The van der Waals surface area contributed by atoms with Gasteiger partial charge in [-0.1, -0.05) is 22.9 Å². The highest BCUT2D eigenvalue weighted by Crippen LogP contribution is 2.15. The number of carbonyl (C=O) groups is 1. The number of benzene rings is 1. The maximum Gasteiger partial charge on any atom is 0.224 e. The van der Waals surface area contributed by atoms with Gasteiger partial charge in [0.25, 0.3) is 0 Å². The van der Waals surface area contributed by atoms with Crippen molar-refractivity contribution in [3.05, 3.63) is 24.3 Å². The second-order valence-corrected chi connectivity index (χ2v) is 3.76. The number of carbonyl (C=O) groups excluding carboxylic acids is 1. The van der Waals surface area contributed by atoms with Gasteiger partial charge in [-0.05, 0) is 24.3 Å². The number of nitrogens with one attached hydrogen (secondary N) is 1. The lowest BCUT2D eigenvalue weighted by Crippen LogP contribution is -2.09. The minimum Gasteiger partial charge on any atom is -0.493 e. The predicted molar refractivity (Wildman–Crippen MR) is 64.7 cm³/mol. The van der Waals surface area contributed by atoms with Crippen LogP contribution < -0.4 is 10.1 Å². The lowest BCUT2D eigenvalue weighted by Gasteiger charge is -2.06. The van der Waals surface area contributed by atoms with Gasteiger partial charge >= 0.3 is 0 Å². The van der Waals surface area contributed by atoms with Gasteiger partial charge in [-0.25, -0.2) is 0 Å². The van der Waals surface area contributed by atoms with Gasteiger partial charge in [0, 0.05) is 17.4 Å². The molecule has 1 rings (SSSR count). The fraction of sp³-hybridized carbons (Fsp3) is 0.364. The number of halogens is 1. The van der Waals surface area contributed by atoms with Crippen LogP contribution in [0.15, 0.2) is 24.3 Å². The van der Waals surface area contributed by atoms with Gasteiger partial charge in [-0.15, -0.1) is 0 Å². The summed E-state index contributed by atoms with van der Waals surface area (Å²) in [7, 11) is 0. The normalized spacial score (nSPS) is 9.73. The molecule has 82 valence electrons. The Morgan fingerprint density at radius 3 is 2.60 bits per heavy atom. The quantitative estimate of drug-likeness (QED) is 0.837. The first-order chi connectivity index (χ1) is 7.26. The van der Waals surface area contributed by atoms with Gasteiger partial charge in [0.2, 0.25) is 5.91 Å². The van der Waals surface area contributed by atoms with E-state index in [0.29, 0.717) is 13.0 Å². The molecule has 4 heteroatoms. The number of amides is 1. The van der Waals surface area contributed by atoms with Gasteiger partial charge in [0.15, 0.2) is 0 Å². The Morgan fingerprint density at radius 2 is 2.07 bits per heavy atom. The van der Waals surface area contributed by atoms with Crippen LogP contribution in [0.2, 0.25) is 0 Å². The Balaban J connectivity index is 2.52. The molecule has 0 saturated carbocycles. The van der Waals surface area contributed by atoms with Crippen LogP contribution in [0.1, 0.15) is 13.3 Å². The van der Waals surface area contributed by atoms with E-state index < -0.39 is 0 Å². The Morgan fingerprint density at radius 1 is 1.40 bits per heavy atom. The maximum atomic E-state index is 11.1. The third-order valence-corrected chi connectivity index (χ3v) is 2.13. The van der Waals surface area contributed by atoms with Crippen LogP contribution in [0.25, 0.3) is 0 Å².